The zero-order valence-corrected chi connectivity index (χ0v) is 5.65. The lowest BCUT2D eigenvalue weighted by molar-refractivity contribution is -0.117. The summed E-state index contributed by atoms with van der Waals surface area (Å²) in [5.41, 5.74) is 0. The van der Waals surface area contributed by atoms with E-state index in [9.17, 15) is 4.79 Å². The molecule has 0 aliphatic carbocycles. The van der Waals surface area contributed by atoms with Crippen molar-refractivity contribution in [2.45, 2.75) is 0 Å². The van der Waals surface area contributed by atoms with Crippen molar-refractivity contribution in [1.82, 2.24) is 5.32 Å². The molecule has 0 atom stereocenters. The topological polar surface area (TPSA) is 29.1 Å². The number of alkyl halides is 1. The molecule has 0 bridgehead atoms. The zero-order valence-electron chi connectivity index (χ0n) is 3.49. The van der Waals surface area contributed by atoms with E-state index in [1.54, 1.807) is 7.05 Å². The van der Waals surface area contributed by atoms with Crippen LogP contribution in [0.25, 0.3) is 0 Å². The number of carbonyl (C=O) groups is 1. The molecule has 0 aliphatic heterocycles. The average molecular weight is 199 g/mol. The fraction of sp³-hybridized carbons (Fsp3) is 0.667. The first-order chi connectivity index (χ1) is 2.81. The smallest absolute Gasteiger partial charge is 0.229 e. The van der Waals surface area contributed by atoms with Crippen LogP contribution in [0.3, 0.4) is 0 Å². The normalized spacial score (nSPS) is 7.67. The third-order valence-electron chi connectivity index (χ3n) is 0.400. The highest BCUT2D eigenvalue weighted by atomic mass is 127. The Balaban J connectivity index is 2.99. The molecule has 0 aromatic rings. The van der Waals surface area contributed by atoms with Crippen LogP contribution in [0.5, 0.6) is 0 Å². The minimum absolute atomic E-state index is 0.0793. The molecule has 0 heterocycles. The summed E-state index contributed by atoms with van der Waals surface area (Å²) in [6, 6.07) is 0. The van der Waals surface area contributed by atoms with Gasteiger partial charge in [-0.15, -0.1) is 0 Å². The Labute approximate surface area is 50.4 Å². The van der Waals surface area contributed by atoms with Crippen LogP contribution in [0.4, 0.5) is 0 Å². The van der Waals surface area contributed by atoms with Crippen molar-refractivity contribution in [2.75, 3.05) is 11.5 Å². The molecule has 0 aromatic heterocycles. The van der Waals surface area contributed by atoms with Crippen molar-refractivity contribution < 1.29 is 4.79 Å². The molecule has 0 aromatic carbocycles. The standard InChI is InChI=1S/C3H6INO/c1-5-3(6)2-4/h2H2,1H3,(H,5,6). The van der Waals surface area contributed by atoms with Crippen LogP contribution < -0.4 is 5.32 Å². The maximum atomic E-state index is 10.1. The second-order valence-corrected chi connectivity index (χ2v) is 1.57. The third-order valence-corrected chi connectivity index (χ3v) is 1.09. The maximum absolute atomic E-state index is 10.1. The van der Waals surface area contributed by atoms with Crippen LogP contribution in [-0.4, -0.2) is 17.4 Å². The number of hydrogen-bond donors (Lipinski definition) is 1. The quantitative estimate of drug-likeness (QED) is 0.473. The van der Waals surface area contributed by atoms with Gasteiger partial charge in [-0.1, -0.05) is 22.6 Å². The van der Waals surface area contributed by atoms with Gasteiger partial charge in [0, 0.05) is 7.05 Å². The number of carbonyl (C=O) groups excluding carboxylic acids is 1. The summed E-state index contributed by atoms with van der Waals surface area (Å²) in [5.74, 6) is 0.0793. The van der Waals surface area contributed by atoms with E-state index < -0.39 is 0 Å². The monoisotopic (exact) mass is 199 g/mol. The van der Waals surface area contributed by atoms with Crippen molar-refractivity contribution in [3.63, 3.8) is 0 Å². The summed E-state index contributed by atoms with van der Waals surface area (Å²) >= 11 is 2.00. The Hall–Kier alpha value is 0.200. The number of amides is 1. The Morgan fingerprint density at radius 1 is 2.00 bits per heavy atom. The summed E-state index contributed by atoms with van der Waals surface area (Å²) in [7, 11) is 1.63. The van der Waals surface area contributed by atoms with Gasteiger partial charge in [0.25, 0.3) is 0 Å². The van der Waals surface area contributed by atoms with E-state index in [4.69, 9.17) is 0 Å². The van der Waals surface area contributed by atoms with Crippen molar-refractivity contribution >= 4 is 28.5 Å². The van der Waals surface area contributed by atoms with Gasteiger partial charge in [0.2, 0.25) is 5.91 Å². The summed E-state index contributed by atoms with van der Waals surface area (Å²) in [6.07, 6.45) is 0. The van der Waals surface area contributed by atoms with Crippen LogP contribution in [0.15, 0.2) is 0 Å². The largest absolute Gasteiger partial charge is 0.359 e. The van der Waals surface area contributed by atoms with Crippen LogP contribution in [0, 0.1) is 0 Å². The third kappa shape index (κ3) is 2.44. The highest BCUT2D eigenvalue weighted by Crippen LogP contribution is 1.75. The van der Waals surface area contributed by atoms with Gasteiger partial charge in [-0.25, -0.2) is 0 Å². The van der Waals surface area contributed by atoms with Crippen LogP contribution in [-0.2, 0) is 4.79 Å². The van der Waals surface area contributed by atoms with Gasteiger partial charge >= 0.3 is 0 Å². The number of rotatable bonds is 1. The minimum Gasteiger partial charge on any atom is -0.359 e. The Morgan fingerprint density at radius 2 is 2.50 bits per heavy atom. The molecule has 0 rings (SSSR count). The highest BCUT2D eigenvalue weighted by Gasteiger charge is 1.86. The lowest BCUT2D eigenvalue weighted by Crippen LogP contribution is -2.17. The van der Waals surface area contributed by atoms with Crippen molar-refractivity contribution in [3.8, 4) is 0 Å². The molecule has 36 valence electrons. The van der Waals surface area contributed by atoms with Gasteiger partial charge in [-0.3, -0.25) is 4.79 Å². The summed E-state index contributed by atoms with van der Waals surface area (Å²) < 4.78 is 0.550. The van der Waals surface area contributed by atoms with Crippen LogP contribution >= 0.6 is 22.6 Å². The highest BCUT2D eigenvalue weighted by molar-refractivity contribution is 14.1. The van der Waals surface area contributed by atoms with E-state index in [-0.39, 0.29) is 5.91 Å². The Bertz CT molecular complexity index is 48.8. The van der Waals surface area contributed by atoms with Crippen LogP contribution in [0.1, 0.15) is 0 Å². The SMILES string of the molecule is CNC(=O)CI. The van der Waals surface area contributed by atoms with Gasteiger partial charge in [0.15, 0.2) is 0 Å². The molecule has 3 heteroatoms. The van der Waals surface area contributed by atoms with E-state index in [0.29, 0.717) is 4.43 Å². The second kappa shape index (κ2) is 3.39. The molecule has 1 amide bonds. The number of nitrogens with one attached hydrogen (secondary N) is 1. The average Bonchev–Trinajstić information content (AvgIpc) is 1.65. The minimum atomic E-state index is 0.0793. The predicted molar refractivity (Wildman–Crippen MR) is 33.0 cm³/mol. The van der Waals surface area contributed by atoms with E-state index in [1.807, 2.05) is 22.6 Å². The molecule has 0 radical (unpaired) electrons. The van der Waals surface area contributed by atoms with Crippen molar-refractivity contribution in [1.29, 1.82) is 0 Å². The Morgan fingerprint density at radius 3 is 2.50 bits per heavy atom. The molecule has 0 saturated carbocycles. The van der Waals surface area contributed by atoms with Crippen molar-refractivity contribution in [2.24, 2.45) is 0 Å². The van der Waals surface area contributed by atoms with Crippen LogP contribution in [0.2, 0.25) is 0 Å². The predicted octanol–water partition coefficient (Wildman–Crippen LogP) is 0.167. The molecule has 0 spiro atoms. The fourth-order valence-corrected chi connectivity index (χ4v) is 0.448. The van der Waals surface area contributed by atoms with E-state index in [1.165, 1.54) is 0 Å². The Kier molecular flexibility index (Phi) is 3.51. The van der Waals surface area contributed by atoms with Gasteiger partial charge < -0.3 is 5.32 Å². The molecule has 0 fully saturated rings. The number of halogens is 1. The summed E-state index contributed by atoms with van der Waals surface area (Å²) in [5, 5.41) is 2.47. The fourth-order valence-electron chi connectivity index (χ4n) is 0.0668. The molecule has 0 unspecified atom stereocenters. The number of hydrogen-bond acceptors (Lipinski definition) is 1. The molecule has 6 heavy (non-hydrogen) atoms. The first-order valence-corrected chi connectivity index (χ1v) is 3.10. The van der Waals surface area contributed by atoms with Gasteiger partial charge in [-0.2, -0.15) is 0 Å². The molecular formula is C3H6INO. The van der Waals surface area contributed by atoms with E-state index in [2.05, 4.69) is 5.32 Å². The molecule has 2 nitrogen and oxygen atoms in total. The first-order valence-electron chi connectivity index (χ1n) is 1.57. The molecule has 0 saturated heterocycles. The maximum Gasteiger partial charge on any atom is 0.229 e. The van der Waals surface area contributed by atoms with Crippen molar-refractivity contribution in [3.05, 3.63) is 0 Å². The molecule has 1 N–H and O–H groups in total. The summed E-state index contributed by atoms with van der Waals surface area (Å²) in [6.45, 7) is 0. The molecular weight excluding hydrogens is 193 g/mol. The van der Waals surface area contributed by atoms with Gasteiger partial charge in [0.05, 0.1) is 4.43 Å². The lowest BCUT2D eigenvalue weighted by atomic mass is 10.7. The van der Waals surface area contributed by atoms with Gasteiger partial charge in [-0.05, 0) is 0 Å². The van der Waals surface area contributed by atoms with E-state index >= 15 is 0 Å². The zero-order chi connectivity index (χ0) is 4.99. The molecule has 0 aliphatic rings. The summed E-state index contributed by atoms with van der Waals surface area (Å²) in [4.78, 5) is 10.1. The lowest BCUT2D eigenvalue weighted by Gasteiger charge is -1.86. The first kappa shape index (κ1) is 6.20. The van der Waals surface area contributed by atoms with E-state index in [0.717, 1.165) is 0 Å². The van der Waals surface area contributed by atoms with Gasteiger partial charge in [0.1, 0.15) is 0 Å². The second-order valence-electron chi connectivity index (χ2n) is 0.807.